The van der Waals surface area contributed by atoms with Gasteiger partial charge in [-0.1, -0.05) is 23.2 Å². The lowest BCUT2D eigenvalue weighted by Gasteiger charge is -2.06. The lowest BCUT2D eigenvalue weighted by molar-refractivity contribution is 0.101. The van der Waals surface area contributed by atoms with Crippen LogP contribution < -0.4 is 5.73 Å². The van der Waals surface area contributed by atoms with Crippen LogP contribution in [0.4, 0.5) is 10.1 Å². The van der Waals surface area contributed by atoms with Gasteiger partial charge in [0.2, 0.25) is 0 Å². The van der Waals surface area contributed by atoms with Gasteiger partial charge < -0.3 is 5.73 Å². The first-order valence-corrected chi connectivity index (χ1v) is 4.14. The number of halogens is 3. The molecule has 0 unspecified atom stereocenters. The van der Waals surface area contributed by atoms with Gasteiger partial charge in [-0.25, -0.2) is 4.39 Å². The molecule has 0 heterocycles. The summed E-state index contributed by atoms with van der Waals surface area (Å²) in [6.07, 6.45) is 0. The second-order valence-corrected chi connectivity index (χ2v) is 3.26. The van der Waals surface area contributed by atoms with Crippen LogP contribution in [0.5, 0.6) is 0 Å². The Balaban J connectivity index is 3.50. The lowest BCUT2D eigenvalue weighted by atomic mass is 10.1. The molecule has 0 saturated carbocycles. The SMILES string of the molecule is CC(=O)c1cc(F)c(Cl)c(N)c1Cl. The maximum atomic E-state index is 13.0. The highest BCUT2D eigenvalue weighted by atomic mass is 35.5. The standard InChI is InChI=1S/C8H6Cl2FNO/c1-3(13)4-2-5(11)7(10)8(12)6(4)9/h2H,12H2,1H3. The first kappa shape index (κ1) is 10.3. The van der Waals surface area contributed by atoms with Gasteiger partial charge in [0, 0.05) is 5.56 Å². The van der Waals surface area contributed by atoms with Gasteiger partial charge in [0.1, 0.15) is 10.8 Å². The summed E-state index contributed by atoms with van der Waals surface area (Å²) in [5.41, 5.74) is 5.30. The van der Waals surface area contributed by atoms with E-state index in [0.29, 0.717) is 0 Å². The van der Waals surface area contributed by atoms with E-state index in [1.54, 1.807) is 0 Å². The summed E-state index contributed by atoms with van der Waals surface area (Å²) in [4.78, 5) is 10.9. The molecular formula is C8H6Cl2FNO. The van der Waals surface area contributed by atoms with Gasteiger partial charge in [0.05, 0.1) is 10.7 Å². The molecule has 1 aromatic rings. The van der Waals surface area contributed by atoms with Gasteiger partial charge in [-0.05, 0) is 13.0 Å². The minimum atomic E-state index is -0.742. The topological polar surface area (TPSA) is 43.1 Å². The Morgan fingerprint density at radius 3 is 2.46 bits per heavy atom. The number of rotatable bonds is 1. The summed E-state index contributed by atoms with van der Waals surface area (Å²) in [6, 6.07) is 0.976. The summed E-state index contributed by atoms with van der Waals surface area (Å²) in [5, 5.41) is -0.256. The first-order valence-electron chi connectivity index (χ1n) is 3.39. The van der Waals surface area contributed by atoms with E-state index >= 15 is 0 Å². The maximum absolute atomic E-state index is 13.0. The van der Waals surface area contributed by atoms with Gasteiger partial charge in [0.25, 0.3) is 0 Å². The van der Waals surface area contributed by atoms with Crippen LogP contribution in [-0.2, 0) is 0 Å². The number of nitrogen functional groups attached to an aromatic ring is 1. The minimum absolute atomic E-state index is 0.00102. The molecule has 1 aromatic carbocycles. The number of carbonyl (C=O) groups is 1. The molecule has 0 radical (unpaired) electrons. The second-order valence-electron chi connectivity index (χ2n) is 2.50. The van der Waals surface area contributed by atoms with Crippen molar-refractivity contribution in [3.8, 4) is 0 Å². The number of hydrogen-bond donors (Lipinski definition) is 1. The first-order chi connectivity index (χ1) is 5.95. The van der Waals surface area contributed by atoms with E-state index in [-0.39, 0.29) is 27.1 Å². The molecule has 13 heavy (non-hydrogen) atoms. The van der Waals surface area contributed by atoms with E-state index in [4.69, 9.17) is 28.9 Å². The highest BCUT2D eigenvalue weighted by molar-refractivity contribution is 6.40. The predicted octanol–water partition coefficient (Wildman–Crippen LogP) is 2.92. The van der Waals surface area contributed by atoms with Crippen LogP contribution in [0.3, 0.4) is 0 Å². The number of ketones is 1. The number of nitrogens with two attached hydrogens (primary N) is 1. The van der Waals surface area contributed by atoms with Crippen molar-refractivity contribution >= 4 is 34.7 Å². The molecule has 5 heteroatoms. The van der Waals surface area contributed by atoms with Crippen LogP contribution in [0, 0.1) is 5.82 Å². The molecular weight excluding hydrogens is 216 g/mol. The van der Waals surface area contributed by atoms with Gasteiger partial charge >= 0.3 is 0 Å². The normalized spacial score (nSPS) is 10.2. The molecule has 2 nitrogen and oxygen atoms in total. The van der Waals surface area contributed by atoms with Crippen LogP contribution in [0.15, 0.2) is 6.07 Å². The molecule has 1 rings (SSSR count). The van der Waals surface area contributed by atoms with Crippen molar-refractivity contribution in [3.05, 3.63) is 27.5 Å². The second kappa shape index (κ2) is 3.52. The highest BCUT2D eigenvalue weighted by Crippen LogP contribution is 2.33. The average Bonchev–Trinajstić information content (AvgIpc) is 2.07. The minimum Gasteiger partial charge on any atom is -0.396 e. The number of benzene rings is 1. The Morgan fingerprint density at radius 2 is 2.00 bits per heavy atom. The Hall–Kier alpha value is -0.800. The summed E-state index contributed by atoms with van der Waals surface area (Å²) in [7, 11) is 0. The summed E-state index contributed by atoms with van der Waals surface area (Å²) < 4.78 is 13.0. The lowest BCUT2D eigenvalue weighted by Crippen LogP contribution is -2.00. The van der Waals surface area contributed by atoms with E-state index in [2.05, 4.69) is 0 Å². The Bertz CT molecular complexity index is 379. The van der Waals surface area contributed by atoms with E-state index in [1.807, 2.05) is 0 Å². The highest BCUT2D eigenvalue weighted by Gasteiger charge is 2.15. The number of carbonyl (C=O) groups excluding carboxylic acids is 1. The fraction of sp³-hybridized carbons (Fsp3) is 0.125. The van der Waals surface area contributed by atoms with E-state index in [0.717, 1.165) is 6.07 Å². The predicted molar refractivity (Wildman–Crippen MR) is 50.8 cm³/mol. The zero-order valence-electron chi connectivity index (χ0n) is 6.70. The van der Waals surface area contributed by atoms with Crippen molar-refractivity contribution < 1.29 is 9.18 Å². The van der Waals surface area contributed by atoms with E-state index in [9.17, 15) is 9.18 Å². The van der Waals surface area contributed by atoms with E-state index in [1.165, 1.54) is 6.92 Å². The molecule has 0 amide bonds. The Labute approximate surface area is 84.4 Å². The van der Waals surface area contributed by atoms with Crippen LogP contribution in [0.1, 0.15) is 17.3 Å². The van der Waals surface area contributed by atoms with Crippen molar-refractivity contribution in [3.63, 3.8) is 0 Å². The third kappa shape index (κ3) is 1.76. The monoisotopic (exact) mass is 221 g/mol. The molecule has 0 saturated heterocycles. The fourth-order valence-corrected chi connectivity index (χ4v) is 1.36. The number of hydrogen-bond acceptors (Lipinski definition) is 2. The van der Waals surface area contributed by atoms with Gasteiger partial charge in [-0.15, -0.1) is 0 Å². The van der Waals surface area contributed by atoms with Crippen LogP contribution in [0.25, 0.3) is 0 Å². The maximum Gasteiger partial charge on any atom is 0.161 e. The zero-order valence-corrected chi connectivity index (χ0v) is 8.21. The number of anilines is 1. The number of Topliss-reactive ketones (excluding diaryl/α,β-unsaturated/α-hetero) is 1. The molecule has 0 aliphatic carbocycles. The van der Waals surface area contributed by atoms with Crippen molar-refractivity contribution in [1.29, 1.82) is 0 Å². The Kier molecular flexibility index (Phi) is 2.78. The van der Waals surface area contributed by atoms with Gasteiger partial charge in [-0.3, -0.25) is 4.79 Å². The van der Waals surface area contributed by atoms with Crippen molar-refractivity contribution in [2.75, 3.05) is 5.73 Å². The summed E-state index contributed by atoms with van der Waals surface area (Å²) >= 11 is 11.1. The van der Waals surface area contributed by atoms with Crippen molar-refractivity contribution in [2.24, 2.45) is 0 Å². The van der Waals surface area contributed by atoms with Gasteiger partial charge in [0.15, 0.2) is 5.78 Å². The average molecular weight is 222 g/mol. The largest absolute Gasteiger partial charge is 0.396 e. The molecule has 0 fully saturated rings. The fourth-order valence-electron chi connectivity index (χ4n) is 0.880. The molecule has 0 bridgehead atoms. The summed E-state index contributed by atoms with van der Waals surface area (Å²) in [6.45, 7) is 1.27. The Morgan fingerprint density at radius 1 is 1.46 bits per heavy atom. The van der Waals surface area contributed by atoms with Crippen LogP contribution in [-0.4, -0.2) is 5.78 Å². The van der Waals surface area contributed by atoms with E-state index < -0.39 is 5.82 Å². The van der Waals surface area contributed by atoms with Gasteiger partial charge in [-0.2, -0.15) is 0 Å². The quantitative estimate of drug-likeness (QED) is 0.451. The van der Waals surface area contributed by atoms with Crippen molar-refractivity contribution in [2.45, 2.75) is 6.92 Å². The third-order valence-electron chi connectivity index (χ3n) is 1.57. The molecule has 0 aliphatic rings. The molecule has 70 valence electrons. The van der Waals surface area contributed by atoms with Crippen molar-refractivity contribution in [1.82, 2.24) is 0 Å². The summed E-state index contributed by atoms with van der Waals surface area (Å²) in [5.74, 6) is -1.10. The molecule has 0 aliphatic heterocycles. The molecule has 0 atom stereocenters. The zero-order chi connectivity index (χ0) is 10.2. The third-order valence-corrected chi connectivity index (χ3v) is 2.36. The molecule has 0 aromatic heterocycles. The molecule has 0 spiro atoms. The molecule has 2 N–H and O–H groups in total. The van der Waals surface area contributed by atoms with Crippen LogP contribution in [0.2, 0.25) is 10.0 Å². The smallest absolute Gasteiger partial charge is 0.161 e. The van der Waals surface area contributed by atoms with Crippen LogP contribution >= 0.6 is 23.2 Å².